The van der Waals surface area contributed by atoms with Crippen LogP contribution < -0.4 is 5.90 Å². The minimum atomic E-state index is -4.35. The first-order valence-electron chi connectivity index (χ1n) is 3.52. The number of rotatable bonds is 2. The third-order valence-electron chi connectivity index (χ3n) is 1.56. The normalized spacial score (nSPS) is 10.9. The Bertz CT molecular complexity index is 290. The van der Waals surface area contributed by atoms with Crippen molar-refractivity contribution in [3.05, 3.63) is 35.4 Å². The molecule has 80 valence electrons. The minimum absolute atomic E-state index is 0. The van der Waals surface area contributed by atoms with Crippen LogP contribution in [0.3, 0.4) is 0 Å². The molecule has 0 fully saturated rings. The van der Waals surface area contributed by atoms with Gasteiger partial charge in [-0.2, -0.15) is 13.2 Å². The Hall–Kier alpha value is -0.780. The maximum absolute atomic E-state index is 12.3. The lowest BCUT2D eigenvalue weighted by atomic mass is 10.1. The second-order valence-corrected chi connectivity index (χ2v) is 2.47. The quantitative estimate of drug-likeness (QED) is 0.788. The van der Waals surface area contributed by atoms with Gasteiger partial charge >= 0.3 is 6.18 Å². The van der Waals surface area contributed by atoms with Gasteiger partial charge in [-0.3, -0.25) is 4.84 Å². The molecule has 0 atom stereocenters. The summed E-state index contributed by atoms with van der Waals surface area (Å²) in [6, 6.07) is 5.15. The fourth-order valence-corrected chi connectivity index (χ4v) is 1.01. The van der Waals surface area contributed by atoms with Crippen LogP contribution in [-0.4, -0.2) is 0 Å². The Morgan fingerprint density at radius 2 is 1.79 bits per heavy atom. The van der Waals surface area contributed by atoms with Gasteiger partial charge in [0.05, 0.1) is 12.2 Å². The van der Waals surface area contributed by atoms with Gasteiger partial charge in [0.15, 0.2) is 0 Å². The molecule has 2 nitrogen and oxygen atoms in total. The molecule has 0 aromatic heterocycles. The monoisotopic (exact) mass is 227 g/mol. The fourth-order valence-electron chi connectivity index (χ4n) is 1.01. The number of halogens is 4. The largest absolute Gasteiger partial charge is 0.416 e. The molecular formula is C8H9ClF3NO. The van der Waals surface area contributed by atoms with E-state index in [-0.39, 0.29) is 24.6 Å². The van der Waals surface area contributed by atoms with E-state index in [1.165, 1.54) is 18.2 Å². The maximum atomic E-state index is 12.3. The standard InChI is InChI=1S/C8H8F3NO.ClH/c9-8(10,11)7-4-2-1-3-6(7)5-13-12;/h1-4H,5,12H2;1H. The van der Waals surface area contributed by atoms with Gasteiger partial charge in [0.2, 0.25) is 0 Å². The second kappa shape index (κ2) is 5.19. The summed E-state index contributed by atoms with van der Waals surface area (Å²) in [7, 11) is 0. The molecule has 0 bridgehead atoms. The SMILES string of the molecule is Cl.NOCc1ccccc1C(F)(F)F. The highest BCUT2D eigenvalue weighted by molar-refractivity contribution is 5.85. The van der Waals surface area contributed by atoms with Crippen LogP contribution in [-0.2, 0) is 17.6 Å². The summed E-state index contributed by atoms with van der Waals surface area (Å²) in [6.07, 6.45) is -4.35. The van der Waals surface area contributed by atoms with Crippen molar-refractivity contribution in [2.45, 2.75) is 12.8 Å². The molecule has 0 radical (unpaired) electrons. The molecule has 2 N–H and O–H groups in total. The van der Waals surface area contributed by atoms with Crippen molar-refractivity contribution in [2.24, 2.45) is 5.90 Å². The van der Waals surface area contributed by atoms with Gasteiger partial charge in [-0.25, -0.2) is 5.90 Å². The zero-order valence-electron chi connectivity index (χ0n) is 7.04. The van der Waals surface area contributed by atoms with Crippen molar-refractivity contribution in [2.75, 3.05) is 0 Å². The lowest BCUT2D eigenvalue weighted by Crippen LogP contribution is -2.11. The molecule has 1 rings (SSSR count). The van der Waals surface area contributed by atoms with E-state index in [0.29, 0.717) is 0 Å². The third-order valence-corrected chi connectivity index (χ3v) is 1.56. The molecule has 1 aromatic rings. The molecule has 6 heteroatoms. The van der Waals surface area contributed by atoms with Crippen LogP contribution in [0.15, 0.2) is 24.3 Å². The number of alkyl halides is 3. The number of benzene rings is 1. The van der Waals surface area contributed by atoms with E-state index < -0.39 is 11.7 Å². The molecule has 0 aliphatic heterocycles. The Labute approximate surface area is 85.2 Å². The van der Waals surface area contributed by atoms with Crippen molar-refractivity contribution >= 4 is 12.4 Å². The van der Waals surface area contributed by atoms with E-state index in [1.54, 1.807) is 0 Å². The van der Waals surface area contributed by atoms with E-state index in [2.05, 4.69) is 4.84 Å². The first-order valence-corrected chi connectivity index (χ1v) is 3.52. The summed E-state index contributed by atoms with van der Waals surface area (Å²) in [5.74, 6) is 4.71. The van der Waals surface area contributed by atoms with E-state index >= 15 is 0 Å². The molecule has 0 heterocycles. The van der Waals surface area contributed by atoms with Crippen molar-refractivity contribution in [3.8, 4) is 0 Å². The van der Waals surface area contributed by atoms with Crippen LogP contribution in [0.2, 0.25) is 0 Å². The van der Waals surface area contributed by atoms with Crippen LogP contribution in [0, 0.1) is 0 Å². The summed E-state index contributed by atoms with van der Waals surface area (Å²) in [5, 5.41) is 0. The highest BCUT2D eigenvalue weighted by Crippen LogP contribution is 2.31. The second-order valence-electron chi connectivity index (χ2n) is 2.47. The van der Waals surface area contributed by atoms with Crippen molar-refractivity contribution in [3.63, 3.8) is 0 Å². The van der Waals surface area contributed by atoms with E-state index in [1.807, 2.05) is 0 Å². The molecule has 0 saturated heterocycles. The number of hydrogen-bond acceptors (Lipinski definition) is 2. The smallest absolute Gasteiger partial charge is 0.300 e. The molecule has 0 spiro atoms. The zero-order valence-corrected chi connectivity index (χ0v) is 7.86. The molecule has 0 saturated carbocycles. The van der Waals surface area contributed by atoms with Gasteiger partial charge in [0.25, 0.3) is 0 Å². The Morgan fingerprint density at radius 3 is 2.29 bits per heavy atom. The lowest BCUT2D eigenvalue weighted by Gasteiger charge is -2.10. The summed E-state index contributed by atoms with van der Waals surface area (Å²) in [5.41, 5.74) is -0.669. The Kier molecular flexibility index (Phi) is 4.90. The molecular weight excluding hydrogens is 219 g/mol. The zero-order chi connectivity index (χ0) is 9.90. The highest BCUT2D eigenvalue weighted by atomic mass is 35.5. The van der Waals surface area contributed by atoms with Gasteiger partial charge < -0.3 is 0 Å². The Morgan fingerprint density at radius 1 is 1.21 bits per heavy atom. The van der Waals surface area contributed by atoms with Crippen LogP contribution in [0.4, 0.5) is 13.2 Å². The van der Waals surface area contributed by atoms with Gasteiger partial charge in [-0.1, -0.05) is 18.2 Å². The van der Waals surface area contributed by atoms with Crippen LogP contribution in [0.5, 0.6) is 0 Å². The molecule has 1 aromatic carbocycles. The van der Waals surface area contributed by atoms with Gasteiger partial charge in [0.1, 0.15) is 0 Å². The summed E-state index contributed by atoms with van der Waals surface area (Å²) in [6.45, 7) is -0.240. The lowest BCUT2D eigenvalue weighted by molar-refractivity contribution is -0.138. The van der Waals surface area contributed by atoms with E-state index in [0.717, 1.165) is 6.07 Å². The van der Waals surface area contributed by atoms with Gasteiger partial charge in [0, 0.05) is 0 Å². The van der Waals surface area contributed by atoms with Crippen LogP contribution in [0.25, 0.3) is 0 Å². The maximum Gasteiger partial charge on any atom is 0.416 e. The predicted octanol–water partition coefficient (Wildman–Crippen LogP) is 2.52. The molecule has 0 aliphatic rings. The minimum Gasteiger partial charge on any atom is -0.300 e. The highest BCUT2D eigenvalue weighted by Gasteiger charge is 2.32. The van der Waals surface area contributed by atoms with Crippen molar-refractivity contribution in [1.29, 1.82) is 0 Å². The molecule has 0 amide bonds. The summed E-state index contributed by atoms with van der Waals surface area (Å²) >= 11 is 0. The predicted molar refractivity (Wildman–Crippen MR) is 47.7 cm³/mol. The third kappa shape index (κ3) is 3.17. The topological polar surface area (TPSA) is 35.2 Å². The fraction of sp³-hybridized carbons (Fsp3) is 0.250. The first kappa shape index (κ1) is 13.2. The molecule has 0 aliphatic carbocycles. The summed E-state index contributed by atoms with van der Waals surface area (Å²) < 4.78 is 36.8. The van der Waals surface area contributed by atoms with Gasteiger partial charge in [-0.15, -0.1) is 12.4 Å². The van der Waals surface area contributed by atoms with E-state index in [4.69, 9.17) is 5.90 Å². The van der Waals surface area contributed by atoms with Crippen LogP contribution >= 0.6 is 12.4 Å². The van der Waals surface area contributed by atoms with E-state index in [9.17, 15) is 13.2 Å². The van der Waals surface area contributed by atoms with Crippen molar-refractivity contribution in [1.82, 2.24) is 0 Å². The summed E-state index contributed by atoms with van der Waals surface area (Å²) in [4.78, 5) is 4.16. The first-order chi connectivity index (χ1) is 6.05. The van der Waals surface area contributed by atoms with Gasteiger partial charge in [-0.05, 0) is 11.6 Å². The average molecular weight is 228 g/mol. The average Bonchev–Trinajstić information content (AvgIpc) is 2.04. The Balaban J connectivity index is 0.00000169. The molecule has 14 heavy (non-hydrogen) atoms. The van der Waals surface area contributed by atoms with Crippen LogP contribution in [0.1, 0.15) is 11.1 Å². The number of hydrogen-bond donors (Lipinski definition) is 1. The van der Waals surface area contributed by atoms with Crippen molar-refractivity contribution < 1.29 is 18.0 Å². The number of nitrogens with two attached hydrogens (primary N) is 1. The molecule has 0 unspecified atom stereocenters.